The maximum atomic E-state index is 11.6. The van der Waals surface area contributed by atoms with Gasteiger partial charge in [-0.15, -0.1) is 0 Å². The predicted molar refractivity (Wildman–Crippen MR) is 86.4 cm³/mol. The molecule has 0 radical (unpaired) electrons. The molecule has 0 aromatic heterocycles. The minimum atomic E-state index is -0.542. The van der Waals surface area contributed by atoms with E-state index in [1.54, 1.807) is 12.1 Å². The van der Waals surface area contributed by atoms with E-state index in [2.05, 4.69) is 10.6 Å². The van der Waals surface area contributed by atoms with E-state index in [1.807, 2.05) is 12.1 Å². The van der Waals surface area contributed by atoms with Crippen LogP contribution in [0.1, 0.15) is 5.56 Å². The van der Waals surface area contributed by atoms with Crippen LogP contribution < -0.4 is 21.5 Å². The minimum Gasteiger partial charge on any atom is -0.376 e. The molecule has 0 aliphatic carbocycles. The zero-order valence-corrected chi connectivity index (χ0v) is 13.1. The third kappa shape index (κ3) is 3.65. The molecular weight excluding hydrogens is 308 g/mol. The van der Waals surface area contributed by atoms with E-state index in [9.17, 15) is 9.59 Å². The monoisotopic (exact) mass is 324 g/mol. The van der Waals surface area contributed by atoms with Crippen LogP contribution in [-0.2, 0) is 16.0 Å². The topological polar surface area (TPSA) is 76.7 Å². The molecular formula is C15H17ClN2O4. The highest BCUT2D eigenvalue weighted by molar-refractivity contribution is 6.30. The standard InChI is InChI=1S/C15H17ClN2O4/c1-21-11(22-2)8-18-13-12(14(19)15(13)20)17-7-9-4-3-5-10(16)6-9/h3-6,11,17-18H,7-8H2,1-2H3. The lowest BCUT2D eigenvalue weighted by Crippen LogP contribution is -2.39. The van der Waals surface area contributed by atoms with Gasteiger partial charge in [0.25, 0.3) is 10.9 Å². The van der Waals surface area contributed by atoms with Crippen molar-refractivity contribution >= 4 is 23.0 Å². The molecule has 0 bridgehead atoms. The maximum Gasteiger partial charge on any atom is 0.253 e. The number of anilines is 2. The molecule has 118 valence electrons. The van der Waals surface area contributed by atoms with E-state index >= 15 is 0 Å². The normalized spacial score (nSPS) is 11.1. The molecule has 0 aliphatic rings. The number of ether oxygens (including phenoxy) is 2. The lowest BCUT2D eigenvalue weighted by molar-refractivity contribution is -0.0914. The molecule has 0 amide bonds. The third-order valence-corrected chi connectivity index (χ3v) is 3.48. The summed E-state index contributed by atoms with van der Waals surface area (Å²) < 4.78 is 10.0. The first-order valence-corrected chi connectivity index (χ1v) is 7.05. The molecule has 6 nitrogen and oxygen atoms in total. The largest absolute Gasteiger partial charge is 0.376 e. The molecule has 0 saturated carbocycles. The average molecular weight is 325 g/mol. The van der Waals surface area contributed by atoms with Crippen molar-refractivity contribution in [1.29, 1.82) is 0 Å². The summed E-state index contributed by atoms with van der Waals surface area (Å²) in [6, 6.07) is 7.26. The van der Waals surface area contributed by atoms with Crippen LogP contribution in [0.4, 0.5) is 11.4 Å². The van der Waals surface area contributed by atoms with Gasteiger partial charge in [-0.05, 0) is 17.7 Å². The van der Waals surface area contributed by atoms with Crippen molar-refractivity contribution in [1.82, 2.24) is 0 Å². The minimum absolute atomic E-state index is 0.256. The summed E-state index contributed by atoms with van der Waals surface area (Å²) >= 11 is 5.90. The average Bonchev–Trinajstić information content (AvgIpc) is 2.53. The van der Waals surface area contributed by atoms with Crippen LogP contribution in [0.15, 0.2) is 33.9 Å². The Kier molecular flexibility index (Phi) is 5.54. The maximum absolute atomic E-state index is 11.6. The number of methoxy groups -OCH3 is 2. The van der Waals surface area contributed by atoms with Gasteiger partial charge in [-0.2, -0.15) is 0 Å². The Morgan fingerprint density at radius 3 is 2.32 bits per heavy atom. The zero-order valence-electron chi connectivity index (χ0n) is 12.3. The first kappa shape index (κ1) is 16.5. The Hall–Kier alpha value is -1.89. The Bertz CT molecular complexity index is 706. The molecule has 0 aliphatic heterocycles. The summed E-state index contributed by atoms with van der Waals surface area (Å²) in [4.78, 5) is 23.3. The van der Waals surface area contributed by atoms with Gasteiger partial charge in [-0.1, -0.05) is 23.7 Å². The van der Waals surface area contributed by atoms with Crippen LogP contribution in [0.25, 0.3) is 0 Å². The van der Waals surface area contributed by atoms with Gasteiger partial charge in [-0.3, -0.25) is 9.59 Å². The lowest BCUT2D eigenvalue weighted by atomic mass is 10.1. The van der Waals surface area contributed by atoms with Crippen molar-refractivity contribution in [2.75, 3.05) is 31.4 Å². The van der Waals surface area contributed by atoms with Crippen molar-refractivity contribution in [3.05, 3.63) is 55.3 Å². The molecule has 0 atom stereocenters. The quantitative estimate of drug-likeness (QED) is 0.567. The SMILES string of the molecule is COC(CNc1c(NCc2cccc(Cl)c2)c(=O)c1=O)OC. The number of rotatable bonds is 8. The van der Waals surface area contributed by atoms with E-state index in [1.165, 1.54) is 14.2 Å². The van der Waals surface area contributed by atoms with Crippen molar-refractivity contribution in [2.24, 2.45) is 0 Å². The molecule has 2 aromatic rings. The van der Waals surface area contributed by atoms with Crippen LogP contribution >= 0.6 is 11.6 Å². The van der Waals surface area contributed by atoms with Gasteiger partial charge in [0, 0.05) is 25.8 Å². The van der Waals surface area contributed by atoms with Gasteiger partial charge in [0.1, 0.15) is 11.4 Å². The van der Waals surface area contributed by atoms with Crippen LogP contribution in [0, 0.1) is 0 Å². The second-order valence-corrected chi connectivity index (χ2v) is 5.11. The van der Waals surface area contributed by atoms with Crippen LogP contribution in [0.2, 0.25) is 5.02 Å². The van der Waals surface area contributed by atoms with Crippen LogP contribution in [0.5, 0.6) is 0 Å². The fourth-order valence-electron chi connectivity index (χ4n) is 2.01. The Balaban J connectivity index is 2.01. The highest BCUT2D eigenvalue weighted by Gasteiger charge is 2.21. The summed E-state index contributed by atoms with van der Waals surface area (Å²) in [5.41, 5.74) is 0.371. The van der Waals surface area contributed by atoms with E-state index < -0.39 is 17.1 Å². The van der Waals surface area contributed by atoms with E-state index in [0.717, 1.165) is 5.56 Å². The third-order valence-electron chi connectivity index (χ3n) is 3.24. The van der Waals surface area contributed by atoms with Crippen LogP contribution in [0.3, 0.4) is 0 Å². The van der Waals surface area contributed by atoms with Gasteiger partial charge in [0.15, 0.2) is 6.29 Å². The molecule has 0 saturated heterocycles. The van der Waals surface area contributed by atoms with Crippen LogP contribution in [-0.4, -0.2) is 27.1 Å². The predicted octanol–water partition coefficient (Wildman–Crippen LogP) is 1.58. The summed E-state index contributed by atoms with van der Waals surface area (Å²) in [7, 11) is 2.99. The van der Waals surface area contributed by atoms with Gasteiger partial charge in [0.05, 0.1) is 6.54 Å². The van der Waals surface area contributed by atoms with E-state index in [4.69, 9.17) is 21.1 Å². The molecule has 0 unspecified atom stereocenters. The van der Waals surface area contributed by atoms with E-state index in [0.29, 0.717) is 11.6 Å². The number of hydrogen-bond donors (Lipinski definition) is 2. The summed E-state index contributed by atoms with van der Waals surface area (Å²) in [5, 5.41) is 6.45. The molecule has 0 spiro atoms. The Morgan fingerprint density at radius 2 is 1.73 bits per heavy atom. The fourth-order valence-corrected chi connectivity index (χ4v) is 2.23. The highest BCUT2D eigenvalue weighted by Crippen LogP contribution is 2.17. The molecule has 22 heavy (non-hydrogen) atoms. The molecule has 2 aromatic carbocycles. The smallest absolute Gasteiger partial charge is 0.253 e. The zero-order chi connectivity index (χ0) is 16.1. The Labute approximate surface area is 132 Å². The van der Waals surface area contributed by atoms with Crippen molar-refractivity contribution in [2.45, 2.75) is 12.8 Å². The summed E-state index contributed by atoms with van der Waals surface area (Å²) in [6.07, 6.45) is -0.495. The Morgan fingerprint density at radius 1 is 1.09 bits per heavy atom. The van der Waals surface area contributed by atoms with Gasteiger partial charge < -0.3 is 20.1 Å². The van der Waals surface area contributed by atoms with Gasteiger partial charge in [-0.25, -0.2) is 0 Å². The second-order valence-electron chi connectivity index (χ2n) is 4.67. The number of halogens is 1. The number of hydrogen-bond acceptors (Lipinski definition) is 6. The molecule has 7 heteroatoms. The second kappa shape index (κ2) is 7.40. The molecule has 0 fully saturated rings. The van der Waals surface area contributed by atoms with Crippen molar-refractivity contribution in [3.63, 3.8) is 0 Å². The molecule has 2 rings (SSSR count). The summed E-state index contributed by atoms with van der Waals surface area (Å²) in [5.74, 6) is 0. The van der Waals surface area contributed by atoms with Crippen molar-refractivity contribution in [3.8, 4) is 0 Å². The molecule has 0 heterocycles. The summed E-state index contributed by atoms with van der Waals surface area (Å²) in [6.45, 7) is 0.668. The van der Waals surface area contributed by atoms with Gasteiger partial charge >= 0.3 is 0 Å². The first-order chi connectivity index (χ1) is 10.6. The first-order valence-electron chi connectivity index (χ1n) is 6.68. The lowest BCUT2D eigenvalue weighted by Gasteiger charge is -2.18. The van der Waals surface area contributed by atoms with Gasteiger partial charge in [0.2, 0.25) is 0 Å². The fraction of sp³-hybridized carbons (Fsp3) is 0.333. The molecule has 2 N–H and O–H groups in total. The highest BCUT2D eigenvalue weighted by atomic mass is 35.5. The number of benzene rings is 1. The van der Waals surface area contributed by atoms with E-state index in [-0.39, 0.29) is 17.9 Å². The van der Waals surface area contributed by atoms with Crippen molar-refractivity contribution < 1.29 is 9.47 Å². The number of nitrogens with one attached hydrogen (secondary N) is 2.